The molecule has 0 spiro atoms. The smallest absolute Gasteiger partial charge is 0.326 e. The van der Waals surface area contributed by atoms with Crippen molar-refractivity contribution in [3.63, 3.8) is 0 Å². The van der Waals surface area contributed by atoms with Crippen molar-refractivity contribution in [2.75, 3.05) is 13.2 Å². The molecule has 0 aromatic rings. The molecule has 4 N–H and O–H groups in total. The van der Waals surface area contributed by atoms with E-state index < -0.39 is 24.1 Å². The van der Waals surface area contributed by atoms with E-state index in [9.17, 15) is 19.5 Å². The molecule has 1 aliphatic heterocycles. The van der Waals surface area contributed by atoms with Gasteiger partial charge < -0.3 is 20.5 Å². The summed E-state index contributed by atoms with van der Waals surface area (Å²) in [5.74, 6) is -0.523. The van der Waals surface area contributed by atoms with Crippen LogP contribution in [0, 0.1) is 11.8 Å². The number of nitrogens with one attached hydrogen (secondary N) is 1. The Balaban J connectivity index is 1.69. The number of carbonyl (C=O) groups excluding carboxylic acids is 2. The molecule has 1 heterocycles. The predicted molar refractivity (Wildman–Crippen MR) is 121 cm³/mol. The van der Waals surface area contributed by atoms with E-state index in [2.05, 4.69) is 5.32 Å². The van der Waals surface area contributed by atoms with Gasteiger partial charge in [0.05, 0.1) is 12.6 Å². The van der Waals surface area contributed by atoms with Crippen LogP contribution in [0.1, 0.15) is 84.0 Å². The number of hydrogen-bond donors (Lipinski definition) is 3. The fourth-order valence-corrected chi connectivity index (χ4v) is 5.58. The maximum Gasteiger partial charge on any atom is 0.326 e. The molecule has 3 rings (SSSR count). The Morgan fingerprint density at radius 3 is 2.50 bits per heavy atom. The Bertz CT molecular complexity index is 652. The number of aliphatic carboxylic acids is 1. The molecular formula is C24H41N3O5. The zero-order chi connectivity index (χ0) is 23.1. The zero-order valence-electron chi connectivity index (χ0n) is 19.5. The monoisotopic (exact) mass is 451 g/mol. The molecule has 3 aliphatic rings. The van der Waals surface area contributed by atoms with Crippen molar-refractivity contribution < 1.29 is 24.2 Å². The van der Waals surface area contributed by atoms with E-state index in [1.54, 1.807) is 11.8 Å². The van der Waals surface area contributed by atoms with Gasteiger partial charge in [-0.3, -0.25) is 14.9 Å². The SMILES string of the molecule is CCOC(=O)C(CCC1CCCCC1)N[C@@H](CCCCN)C(=O)N1C(C(=O)O)CC2CC21. The van der Waals surface area contributed by atoms with E-state index in [0.717, 1.165) is 25.7 Å². The number of carbonyl (C=O) groups is 3. The maximum absolute atomic E-state index is 13.5. The van der Waals surface area contributed by atoms with Crippen LogP contribution in [-0.2, 0) is 19.1 Å². The summed E-state index contributed by atoms with van der Waals surface area (Å²) in [5, 5.41) is 12.9. The van der Waals surface area contributed by atoms with Crippen molar-refractivity contribution in [3.05, 3.63) is 0 Å². The first-order chi connectivity index (χ1) is 15.5. The lowest BCUT2D eigenvalue weighted by molar-refractivity contribution is -0.151. The van der Waals surface area contributed by atoms with Crippen molar-refractivity contribution in [2.24, 2.45) is 17.6 Å². The van der Waals surface area contributed by atoms with Crippen molar-refractivity contribution >= 4 is 17.8 Å². The number of nitrogens with two attached hydrogens (primary N) is 1. The van der Waals surface area contributed by atoms with Gasteiger partial charge in [0.25, 0.3) is 0 Å². The quantitative estimate of drug-likeness (QED) is 0.290. The first kappa shape index (κ1) is 25.0. The molecule has 5 atom stereocenters. The van der Waals surface area contributed by atoms with Crippen molar-refractivity contribution in [1.82, 2.24) is 10.2 Å². The molecular weight excluding hydrogens is 410 g/mol. The first-order valence-electron chi connectivity index (χ1n) is 12.6. The van der Waals surface area contributed by atoms with Gasteiger partial charge in [-0.25, -0.2) is 4.79 Å². The minimum atomic E-state index is -0.939. The van der Waals surface area contributed by atoms with Crippen LogP contribution in [0.4, 0.5) is 0 Å². The van der Waals surface area contributed by atoms with Crippen LogP contribution in [-0.4, -0.2) is 65.2 Å². The topological polar surface area (TPSA) is 122 Å². The van der Waals surface area contributed by atoms with Crippen LogP contribution in [0.15, 0.2) is 0 Å². The van der Waals surface area contributed by atoms with Gasteiger partial charge in [-0.1, -0.05) is 38.5 Å². The van der Waals surface area contributed by atoms with Crippen LogP contribution in [0.25, 0.3) is 0 Å². The maximum atomic E-state index is 13.5. The zero-order valence-corrected chi connectivity index (χ0v) is 19.5. The van der Waals surface area contributed by atoms with Crippen LogP contribution >= 0.6 is 0 Å². The number of amides is 1. The Morgan fingerprint density at radius 1 is 1.09 bits per heavy atom. The van der Waals surface area contributed by atoms with E-state index >= 15 is 0 Å². The second kappa shape index (κ2) is 12.0. The summed E-state index contributed by atoms with van der Waals surface area (Å²) in [6.07, 6.45) is 11.2. The van der Waals surface area contributed by atoms with E-state index in [0.29, 0.717) is 44.2 Å². The van der Waals surface area contributed by atoms with Crippen LogP contribution in [0.5, 0.6) is 0 Å². The lowest BCUT2D eigenvalue weighted by atomic mass is 9.85. The van der Waals surface area contributed by atoms with Crippen LogP contribution in [0.3, 0.4) is 0 Å². The van der Waals surface area contributed by atoms with Crippen LogP contribution < -0.4 is 11.1 Å². The number of unbranched alkanes of at least 4 members (excludes halogenated alkanes) is 1. The van der Waals surface area contributed by atoms with Gasteiger partial charge in [0.15, 0.2) is 0 Å². The van der Waals surface area contributed by atoms with Gasteiger partial charge >= 0.3 is 11.9 Å². The average Bonchev–Trinajstić information content (AvgIpc) is 3.45. The third kappa shape index (κ3) is 6.44. The molecule has 1 saturated heterocycles. The average molecular weight is 452 g/mol. The molecule has 32 heavy (non-hydrogen) atoms. The number of hydrogen-bond acceptors (Lipinski definition) is 6. The highest BCUT2D eigenvalue weighted by Gasteiger charge is 2.57. The molecule has 8 heteroatoms. The molecule has 8 nitrogen and oxygen atoms in total. The van der Waals surface area contributed by atoms with E-state index in [4.69, 9.17) is 10.5 Å². The molecule has 4 unspecified atom stereocenters. The fourth-order valence-electron chi connectivity index (χ4n) is 5.58. The largest absolute Gasteiger partial charge is 0.480 e. The number of fused-ring (bicyclic) bond motifs is 1. The minimum Gasteiger partial charge on any atom is -0.480 e. The molecule has 2 saturated carbocycles. The molecule has 0 aromatic carbocycles. The Kier molecular flexibility index (Phi) is 9.34. The van der Waals surface area contributed by atoms with Gasteiger partial charge in [-0.15, -0.1) is 0 Å². The number of carboxylic acid groups (broad SMARTS) is 1. The highest BCUT2D eigenvalue weighted by atomic mass is 16.5. The second-order valence-electron chi connectivity index (χ2n) is 9.79. The van der Waals surface area contributed by atoms with Gasteiger partial charge in [0.2, 0.25) is 5.91 Å². The predicted octanol–water partition coefficient (Wildman–Crippen LogP) is 2.44. The first-order valence-corrected chi connectivity index (χ1v) is 12.6. The minimum absolute atomic E-state index is 0.0330. The number of rotatable bonds is 13. The molecule has 0 bridgehead atoms. The Morgan fingerprint density at radius 2 is 1.84 bits per heavy atom. The third-order valence-electron chi connectivity index (χ3n) is 7.45. The number of carboxylic acids is 1. The van der Waals surface area contributed by atoms with Gasteiger partial charge in [0.1, 0.15) is 12.1 Å². The molecule has 2 aliphatic carbocycles. The van der Waals surface area contributed by atoms with E-state index in [1.807, 2.05) is 0 Å². The van der Waals surface area contributed by atoms with Crippen molar-refractivity contribution in [3.8, 4) is 0 Å². The van der Waals surface area contributed by atoms with Gasteiger partial charge in [0, 0.05) is 6.04 Å². The van der Waals surface area contributed by atoms with Crippen molar-refractivity contribution in [2.45, 2.75) is 108 Å². The molecule has 0 aromatic heterocycles. The number of ether oxygens (including phenoxy) is 1. The number of likely N-dealkylation sites (tertiary alicyclic amines) is 1. The summed E-state index contributed by atoms with van der Waals surface area (Å²) in [4.78, 5) is 39.6. The summed E-state index contributed by atoms with van der Waals surface area (Å²) >= 11 is 0. The lowest BCUT2D eigenvalue weighted by Crippen LogP contribution is -2.55. The summed E-state index contributed by atoms with van der Waals surface area (Å²) in [6.45, 7) is 2.62. The number of esters is 1. The molecule has 0 radical (unpaired) electrons. The van der Waals surface area contributed by atoms with Crippen LogP contribution in [0.2, 0.25) is 0 Å². The number of nitrogens with zero attached hydrogens (tertiary/aromatic N) is 1. The van der Waals surface area contributed by atoms with E-state index in [1.165, 1.54) is 32.1 Å². The Labute approximate surface area is 191 Å². The summed E-state index contributed by atoms with van der Waals surface area (Å²) < 4.78 is 5.32. The second-order valence-corrected chi connectivity index (χ2v) is 9.79. The molecule has 1 amide bonds. The summed E-state index contributed by atoms with van der Waals surface area (Å²) in [7, 11) is 0. The summed E-state index contributed by atoms with van der Waals surface area (Å²) in [5.41, 5.74) is 5.66. The highest BCUT2D eigenvalue weighted by molar-refractivity contribution is 5.89. The van der Waals surface area contributed by atoms with Gasteiger partial charge in [-0.05, 0) is 63.8 Å². The molecule has 3 fully saturated rings. The van der Waals surface area contributed by atoms with Gasteiger partial charge in [-0.2, -0.15) is 0 Å². The van der Waals surface area contributed by atoms with Crippen molar-refractivity contribution in [1.29, 1.82) is 0 Å². The standard InChI is InChI=1S/C24H41N3O5/c1-2-32-24(31)19(12-11-16-8-4-3-5-9-16)26-18(10-6-7-13-25)22(28)27-20-14-17(20)15-21(27)23(29)30/h16-21,26H,2-15,25H2,1H3,(H,29,30)/t17?,18-,19?,20?,21?/m0/s1. The third-order valence-corrected chi connectivity index (χ3v) is 7.45. The summed E-state index contributed by atoms with van der Waals surface area (Å²) in [6, 6.07) is -1.87. The van der Waals surface area contributed by atoms with E-state index in [-0.39, 0.29) is 17.9 Å². The lowest BCUT2D eigenvalue weighted by Gasteiger charge is -2.32. The fraction of sp³-hybridized carbons (Fsp3) is 0.875. The number of piperidine rings is 1. The Hall–Kier alpha value is -1.67. The normalized spacial score (nSPS) is 26.9. The highest BCUT2D eigenvalue weighted by Crippen LogP contribution is 2.48. The molecule has 182 valence electrons.